The molecule has 0 saturated carbocycles. The number of nitrogens with one attached hydrogen (secondary N) is 1. The maximum absolute atomic E-state index is 12.3. The van der Waals surface area contributed by atoms with Gasteiger partial charge < -0.3 is 9.88 Å². The van der Waals surface area contributed by atoms with E-state index >= 15 is 0 Å². The standard InChI is InChI=1S/C15H15ClN2O/c16-13-3-1-2-11(8-13)9-15(19)18-7-5-14-12(10-18)4-6-17-14/h1-4,6,8,17H,5,7,9-10H2. The normalized spacial score (nSPS) is 14.3. The van der Waals surface area contributed by atoms with Crippen LogP contribution in [0, 0.1) is 0 Å². The van der Waals surface area contributed by atoms with Crippen LogP contribution in [-0.2, 0) is 24.2 Å². The Kier molecular flexibility index (Phi) is 3.30. The van der Waals surface area contributed by atoms with Gasteiger partial charge in [0.25, 0.3) is 0 Å². The molecular weight excluding hydrogens is 260 g/mol. The highest BCUT2D eigenvalue weighted by atomic mass is 35.5. The van der Waals surface area contributed by atoms with Crippen LogP contribution < -0.4 is 0 Å². The quantitative estimate of drug-likeness (QED) is 0.898. The van der Waals surface area contributed by atoms with E-state index in [2.05, 4.69) is 4.98 Å². The molecule has 2 aromatic rings. The van der Waals surface area contributed by atoms with E-state index in [1.807, 2.05) is 41.4 Å². The second-order valence-electron chi connectivity index (χ2n) is 4.85. The Bertz CT molecular complexity index is 606. The molecule has 1 amide bonds. The minimum atomic E-state index is 0.161. The summed E-state index contributed by atoms with van der Waals surface area (Å²) in [6.45, 7) is 1.49. The molecule has 0 saturated heterocycles. The van der Waals surface area contributed by atoms with E-state index in [-0.39, 0.29) is 5.91 Å². The fraction of sp³-hybridized carbons (Fsp3) is 0.267. The Morgan fingerprint density at radius 2 is 2.26 bits per heavy atom. The Balaban J connectivity index is 1.69. The van der Waals surface area contributed by atoms with Crippen molar-refractivity contribution in [1.82, 2.24) is 9.88 Å². The van der Waals surface area contributed by atoms with Gasteiger partial charge in [0.15, 0.2) is 0 Å². The lowest BCUT2D eigenvalue weighted by atomic mass is 10.1. The first kappa shape index (κ1) is 12.3. The Hall–Kier alpha value is -1.74. The van der Waals surface area contributed by atoms with Crippen LogP contribution in [0.3, 0.4) is 0 Å². The molecule has 1 aromatic heterocycles. The van der Waals surface area contributed by atoms with Crippen LogP contribution in [0.4, 0.5) is 0 Å². The van der Waals surface area contributed by atoms with Crippen LogP contribution in [0.1, 0.15) is 16.8 Å². The molecule has 19 heavy (non-hydrogen) atoms. The molecule has 0 bridgehead atoms. The molecule has 1 aliphatic heterocycles. The number of hydrogen-bond donors (Lipinski definition) is 1. The third-order valence-electron chi connectivity index (χ3n) is 3.52. The number of halogens is 1. The number of amides is 1. The van der Waals surface area contributed by atoms with Crippen LogP contribution in [0.15, 0.2) is 36.5 Å². The van der Waals surface area contributed by atoms with E-state index < -0.39 is 0 Å². The molecule has 0 aliphatic carbocycles. The third kappa shape index (κ3) is 2.66. The van der Waals surface area contributed by atoms with Gasteiger partial charge in [-0.25, -0.2) is 0 Å². The van der Waals surface area contributed by atoms with Crippen molar-refractivity contribution in [3.8, 4) is 0 Å². The SMILES string of the molecule is O=C(Cc1cccc(Cl)c1)N1CCc2[nH]ccc2C1. The number of fused-ring (bicyclic) bond motifs is 1. The number of hydrogen-bond acceptors (Lipinski definition) is 1. The van der Waals surface area contributed by atoms with Crippen LogP contribution in [-0.4, -0.2) is 22.3 Å². The lowest BCUT2D eigenvalue weighted by Crippen LogP contribution is -2.36. The van der Waals surface area contributed by atoms with Gasteiger partial charge in [0.1, 0.15) is 0 Å². The predicted octanol–water partition coefficient (Wildman–Crippen LogP) is 2.80. The van der Waals surface area contributed by atoms with Crippen LogP contribution in [0.2, 0.25) is 5.02 Å². The van der Waals surface area contributed by atoms with Crippen molar-refractivity contribution < 1.29 is 4.79 Å². The van der Waals surface area contributed by atoms with Gasteiger partial charge >= 0.3 is 0 Å². The van der Waals surface area contributed by atoms with Crippen molar-refractivity contribution >= 4 is 17.5 Å². The molecule has 3 nitrogen and oxygen atoms in total. The minimum Gasteiger partial charge on any atom is -0.365 e. The molecule has 0 radical (unpaired) electrons. The van der Waals surface area contributed by atoms with Crippen molar-refractivity contribution in [3.05, 3.63) is 58.4 Å². The molecule has 3 rings (SSSR count). The second-order valence-corrected chi connectivity index (χ2v) is 5.29. The molecule has 0 spiro atoms. The predicted molar refractivity (Wildman–Crippen MR) is 75.1 cm³/mol. The lowest BCUT2D eigenvalue weighted by Gasteiger charge is -2.27. The molecule has 2 heterocycles. The van der Waals surface area contributed by atoms with Crippen LogP contribution in [0.5, 0.6) is 0 Å². The summed E-state index contributed by atoms with van der Waals surface area (Å²) in [5, 5.41) is 0.678. The van der Waals surface area contributed by atoms with Crippen molar-refractivity contribution in [2.24, 2.45) is 0 Å². The first-order chi connectivity index (χ1) is 9.22. The zero-order valence-electron chi connectivity index (χ0n) is 10.5. The van der Waals surface area contributed by atoms with Gasteiger partial charge in [-0.2, -0.15) is 0 Å². The van der Waals surface area contributed by atoms with E-state index in [0.717, 1.165) is 18.5 Å². The van der Waals surface area contributed by atoms with Gasteiger partial charge in [-0.05, 0) is 29.3 Å². The monoisotopic (exact) mass is 274 g/mol. The zero-order chi connectivity index (χ0) is 13.2. The van der Waals surface area contributed by atoms with Gasteiger partial charge in [0.2, 0.25) is 5.91 Å². The van der Waals surface area contributed by atoms with Gasteiger partial charge in [-0.3, -0.25) is 4.79 Å². The average molecular weight is 275 g/mol. The molecule has 98 valence electrons. The van der Waals surface area contributed by atoms with Crippen molar-refractivity contribution in [3.63, 3.8) is 0 Å². The number of rotatable bonds is 2. The van der Waals surface area contributed by atoms with E-state index in [4.69, 9.17) is 11.6 Å². The van der Waals surface area contributed by atoms with Crippen molar-refractivity contribution in [2.45, 2.75) is 19.4 Å². The number of nitrogens with zero attached hydrogens (tertiary/aromatic N) is 1. The van der Waals surface area contributed by atoms with Crippen molar-refractivity contribution in [2.75, 3.05) is 6.54 Å². The lowest BCUT2D eigenvalue weighted by molar-refractivity contribution is -0.131. The molecule has 1 aliphatic rings. The highest BCUT2D eigenvalue weighted by molar-refractivity contribution is 6.30. The molecule has 1 aromatic carbocycles. The maximum atomic E-state index is 12.3. The highest BCUT2D eigenvalue weighted by Crippen LogP contribution is 2.19. The molecule has 0 unspecified atom stereocenters. The van der Waals surface area contributed by atoms with Gasteiger partial charge in [-0.1, -0.05) is 23.7 Å². The zero-order valence-corrected chi connectivity index (χ0v) is 11.3. The summed E-state index contributed by atoms with van der Waals surface area (Å²) < 4.78 is 0. The minimum absolute atomic E-state index is 0.161. The number of carbonyl (C=O) groups is 1. The van der Waals surface area contributed by atoms with Crippen molar-refractivity contribution in [1.29, 1.82) is 0 Å². The summed E-state index contributed by atoms with van der Waals surface area (Å²) >= 11 is 5.94. The second kappa shape index (κ2) is 5.10. The molecular formula is C15H15ClN2O. The summed E-state index contributed by atoms with van der Waals surface area (Å²) in [6.07, 6.45) is 3.26. The largest absolute Gasteiger partial charge is 0.365 e. The van der Waals surface area contributed by atoms with E-state index in [1.54, 1.807) is 0 Å². The van der Waals surface area contributed by atoms with Crippen LogP contribution >= 0.6 is 11.6 Å². The molecule has 4 heteroatoms. The topological polar surface area (TPSA) is 36.1 Å². The third-order valence-corrected chi connectivity index (χ3v) is 3.75. The first-order valence-corrected chi connectivity index (χ1v) is 6.77. The summed E-state index contributed by atoms with van der Waals surface area (Å²) in [5.41, 5.74) is 3.45. The van der Waals surface area contributed by atoms with Gasteiger partial charge in [0.05, 0.1) is 6.42 Å². The van der Waals surface area contributed by atoms with Gasteiger partial charge in [0, 0.05) is 36.4 Å². The smallest absolute Gasteiger partial charge is 0.227 e. The Labute approximate surface area is 117 Å². The maximum Gasteiger partial charge on any atom is 0.227 e. The number of H-pyrrole nitrogens is 1. The first-order valence-electron chi connectivity index (χ1n) is 6.40. The highest BCUT2D eigenvalue weighted by Gasteiger charge is 2.21. The fourth-order valence-electron chi connectivity index (χ4n) is 2.49. The summed E-state index contributed by atoms with van der Waals surface area (Å²) in [6, 6.07) is 9.54. The number of carbonyl (C=O) groups excluding carboxylic acids is 1. The van der Waals surface area contributed by atoms with E-state index in [9.17, 15) is 4.79 Å². The summed E-state index contributed by atoms with van der Waals surface area (Å²) in [7, 11) is 0. The molecule has 0 fully saturated rings. The average Bonchev–Trinajstić information content (AvgIpc) is 2.85. The summed E-state index contributed by atoms with van der Waals surface area (Å²) in [5.74, 6) is 0.161. The fourth-order valence-corrected chi connectivity index (χ4v) is 2.71. The number of benzene rings is 1. The molecule has 0 atom stereocenters. The van der Waals surface area contributed by atoms with Crippen LogP contribution in [0.25, 0.3) is 0 Å². The number of aromatic nitrogens is 1. The van der Waals surface area contributed by atoms with Gasteiger partial charge in [-0.15, -0.1) is 0 Å². The Morgan fingerprint density at radius 3 is 3.11 bits per heavy atom. The molecule has 1 N–H and O–H groups in total. The van der Waals surface area contributed by atoms with E-state index in [1.165, 1.54) is 11.3 Å². The van der Waals surface area contributed by atoms with E-state index in [0.29, 0.717) is 18.0 Å². The number of aromatic amines is 1. The Morgan fingerprint density at radius 1 is 1.37 bits per heavy atom. The summed E-state index contributed by atoms with van der Waals surface area (Å²) in [4.78, 5) is 17.4.